The summed E-state index contributed by atoms with van der Waals surface area (Å²) in [5.74, 6) is -0.196. The Labute approximate surface area is 190 Å². The van der Waals surface area contributed by atoms with E-state index < -0.39 is 9.84 Å². The monoisotopic (exact) mass is 479 g/mol. The molecule has 0 saturated carbocycles. The average Bonchev–Trinajstić information content (AvgIpc) is 3.17. The van der Waals surface area contributed by atoms with Gasteiger partial charge in [0.2, 0.25) is 0 Å². The van der Waals surface area contributed by atoms with Crippen LogP contribution in [0.4, 0.5) is 5.13 Å². The third kappa shape index (κ3) is 5.24. The van der Waals surface area contributed by atoms with Crippen LogP contribution in [0, 0.1) is 0 Å². The van der Waals surface area contributed by atoms with E-state index in [1.807, 2.05) is 0 Å². The smallest absolute Gasteiger partial charge is 0.260 e. The molecule has 0 atom stereocenters. The quantitative estimate of drug-likeness (QED) is 0.539. The molecule has 1 amide bonds. The van der Waals surface area contributed by atoms with Gasteiger partial charge in [-0.15, -0.1) is 0 Å². The number of anilines is 1. The molecule has 0 N–H and O–H groups in total. The lowest BCUT2D eigenvalue weighted by molar-refractivity contribution is 0.0391. The van der Waals surface area contributed by atoms with Crippen molar-refractivity contribution < 1.29 is 17.9 Å². The molecule has 0 unspecified atom stereocenters. The summed E-state index contributed by atoms with van der Waals surface area (Å²) < 4.78 is 29.9. The normalized spacial score (nSPS) is 15.3. The molecule has 1 aliphatic heterocycles. The number of benzene rings is 2. The molecule has 31 heavy (non-hydrogen) atoms. The molecule has 10 heteroatoms. The van der Waals surface area contributed by atoms with Crippen LogP contribution >= 0.6 is 22.9 Å². The summed E-state index contributed by atoms with van der Waals surface area (Å²) in [5, 5.41) is 1.01. The second-order valence-corrected chi connectivity index (χ2v) is 10.8. The maximum atomic E-state index is 13.4. The zero-order valence-electron chi connectivity index (χ0n) is 17.0. The van der Waals surface area contributed by atoms with Crippen molar-refractivity contribution in [3.05, 3.63) is 53.1 Å². The van der Waals surface area contributed by atoms with Crippen molar-refractivity contribution in [1.82, 2.24) is 9.88 Å². The summed E-state index contributed by atoms with van der Waals surface area (Å²) in [5.41, 5.74) is 1.13. The fourth-order valence-corrected chi connectivity index (χ4v) is 5.31. The second-order valence-electron chi connectivity index (χ2n) is 7.32. The third-order valence-corrected chi connectivity index (χ3v) is 7.45. The van der Waals surface area contributed by atoms with Crippen molar-refractivity contribution in [2.24, 2.45) is 0 Å². The second kappa shape index (κ2) is 9.22. The fourth-order valence-electron chi connectivity index (χ4n) is 3.37. The number of halogens is 1. The van der Waals surface area contributed by atoms with Gasteiger partial charge < -0.3 is 4.74 Å². The van der Waals surface area contributed by atoms with Crippen molar-refractivity contribution in [3.8, 4) is 0 Å². The molecule has 1 saturated heterocycles. The van der Waals surface area contributed by atoms with Gasteiger partial charge in [-0.1, -0.05) is 29.0 Å². The number of amides is 1. The van der Waals surface area contributed by atoms with Crippen LogP contribution in [-0.4, -0.2) is 69.9 Å². The molecule has 1 aliphatic rings. The summed E-state index contributed by atoms with van der Waals surface area (Å²) in [6.45, 7) is 4.12. The highest BCUT2D eigenvalue weighted by Gasteiger charge is 2.23. The van der Waals surface area contributed by atoms with Crippen molar-refractivity contribution in [3.63, 3.8) is 0 Å². The molecule has 7 nitrogen and oxygen atoms in total. The molecule has 3 aromatic rings. The van der Waals surface area contributed by atoms with Crippen molar-refractivity contribution in [1.29, 1.82) is 0 Å². The van der Waals surface area contributed by atoms with Crippen LogP contribution in [0.25, 0.3) is 10.2 Å². The van der Waals surface area contributed by atoms with Crippen LogP contribution in [0.1, 0.15) is 10.4 Å². The Kier molecular flexibility index (Phi) is 6.59. The van der Waals surface area contributed by atoms with Crippen molar-refractivity contribution >= 4 is 54.0 Å². The van der Waals surface area contributed by atoms with Gasteiger partial charge in [0, 0.05) is 43.0 Å². The number of hydrogen-bond acceptors (Lipinski definition) is 7. The van der Waals surface area contributed by atoms with Gasteiger partial charge in [-0.25, -0.2) is 13.4 Å². The predicted octanol–water partition coefficient (Wildman–Crippen LogP) is 3.33. The first-order valence-corrected chi connectivity index (χ1v) is 12.9. The van der Waals surface area contributed by atoms with E-state index in [1.54, 1.807) is 41.3 Å². The summed E-state index contributed by atoms with van der Waals surface area (Å²) in [4.78, 5) is 22.1. The zero-order valence-corrected chi connectivity index (χ0v) is 19.3. The molecular formula is C21H22ClN3O4S2. The lowest BCUT2D eigenvalue weighted by Gasteiger charge is -2.29. The number of sulfone groups is 1. The molecule has 0 aliphatic carbocycles. The number of rotatable bonds is 6. The molecule has 164 valence electrons. The number of hydrogen-bond donors (Lipinski definition) is 0. The number of fused-ring (bicyclic) bond motifs is 1. The summed E-state index contributed by atoms with van der Waals surface area (Å²) >= 11 is 7.40. The largest absolute Gasteiger partial charge is 0.379 e. The minimum absolute atomic E-state index is 0.196. The van der Waals surface area contributed by atoms with Crippen LogP contribution in [-0.2, 0) is 14.6 Å². The number of carbonyl (C=O) groups excluding carboxylic acids is 1. The Morgan fingerprint density at radius 2 is 2.00 bits per heavy atom. The summed E-state index contributed by atoms with van der Waals surface area (Å²) in [7, 11) is -3.33. The van der Waals surface area contributed by atoms with Crippen LogP contribution in [0.3, 0.4) is 0 Å². The van der Waals surface area contributed by atoms with Gasteiger partial charge in [-0.3, -0.25) is 14.6 Å². The van der Waals surface area contributed by atoms with Gasteiger partial charge in [-0.2, -0.15) is 0 Å². The summed E-state index contributed by atoms with van der Waals surface area (Å²) in [6, 6.07) is 11.7. The van der Waals surface area contributed by atoms with E-state index in [1.165, 1.54) is 23.7 Å². The van der Waals surface area contributed by atoms with E-state index in [-0.39, 0.29) is 10.8 Å². The Hall–Kier alpha value is -2.04. The lowest BCUT2D eigenvalue weighted by atomic mass is 10.2. The first-order chi connectivity index (χ1) is 14.8. The van der Waals surface area contributed by atoms with Gasteiger partial charge in [0.1, 0.15) is 0 Å². The molecular weight excluding hydrogens is 458 g/mol. The first kappa shape index (κ1) is 22.2. The third-order valence-electron chi connectivity index (χ3n) is 5.07. The molecule has 2 aromatic carbocycles. The molecule has 0 radical (unpaired) electrons. The average molecular weight is 480 g/mol. The minimum atomic E-state index is -3.33. The SMILES string of the molecule is CS(=O)(=O)c1ccc2nc(N(CCN3CCOCC3)C(=O)c3cccc(Cl)c3)sc2c1. The van der Waals surface area contributed by atoms with E-state index in [4.69, 9.17) is 16.3 Å². The first-order valence-electron chi connectivity index (χ1n) is 9.79. The highest BCUT2D eigenvalue weighted by molar-refractivity contribution is 7.90. The Balaban J connectivity index is 1.67. The topological polar surface area (TPSA) is 79.8 Å². The molecule has 2 heterocycles. The number of nitrogens with zero attached hydrogens (tertiary/aromatic N) is 3. The van der Waals surface area contributed by atoms with E-state index in [9.17, 15) is 13.2 Å². The van der Waals surface area contributed by atoms with Crippen LogP contribution in [0.15, 0.2) is 47.4 Å². The van der Waals surface area contributed by atoms with E-state index in [0.717, 1.165) is 13.1 Å². The van der Waals surface area contributed by atoms with Gasteiger partial charge >= 0.3 is 0 Å². The lowest BCUT2D eigenvalue weighted by Crippen LogP contribution is -2.43. The molecule has 0 spiro atoms. The fraction of sp³-hybridized carbons (Fsp3) is 0.333. The van der Waals surface area contributed by atoms with Gasteiger partial charge in [0.25, 0.3) is 5.91 Å². The van der Waals surface area contributed by atoms with Crippen LogP contribution in [0.5, 0.6) is 0 Å². The van der Waals surface area contributed by atoms with Crippen LogP contribution < -0.4 is 4.90 Å². The highest BCUT2D eigenvalue weighted by atomic mass is 35.5. The molecule has 4 rings (SSSR count). The predicted molar refractivity (Wildman–Crippen MR) is 123 cm³/mol. The van der Waals surface area contributed by atoms with Crippen LogP contribution in [0.2, 0.25) is 5.02 Å². The molecule has 1 fully saturated rings. The number of aromatic nitrogens is 1. The molecule has 1 aromatic heterocycles. The summed E-state index contributed by atoms with van der Waals surface area (Å²) in [6.07, 6.45) is 1.17. The standard InChI is InChI=1S/C21H22ClN3O4S2/c1-31(27,28)17-5-6-18-19(14-17)30-21(23-18)25(8-7-24-9-11-29-12-10-24)20(26)15-3-2-4-16(22)13-15/h2-6,13-14H,7-12H2,1H3. The maximum absolute atomic E-state index is 13.4. The highest BCUT2D eigenvalue weighted by Crippen LogP contribution is 2.31. The van der Waals surface area contributed by atoms with Gasteiger partial charge in [-0.05, 0) is 36.4 Å². The van der Waals surface area contributed by atoms with E-state index >= 15 is 0 Å². The Morgan fingerprint density at radius 3 is 2.71 bits per heavy atom. The minimum Gasteiger partial charge on any atom is -0.379 e. The number of thiazole rings is 1. The number of carbonyl (C=O) groups is 1. The Morgan fingerprint density at radius 1 is 1.23 bits per heavy atom. The van der Waals surface area contributed by atoms with E-state index in [0.29, 0.717) is 52.2 Å². The molecule has 0 bridgehead atoms. The van der Waals surface area contributed by atoms with Gasteiger partial charge in [0.05, 0.1) is 28.3 Å². The number of ether oxygens (including phenoxy) is 1. The zero-order chi connectivity index (χ0) is 22.0. The van der Waals surface area contributed by atoms with Crippen molar-refractivity contribution in [2.75, 3.05) is 50.5 Å². The van der Waals surface area contributed by atoms with Gasteiger partial charge in [0.15, 0.2) is 15.0 Å². The van der Waals surface area contributed by atoms with Crippen molar-refractivity contribution in [2.45, 2.75) is 4.90 Å². The van der Waals surface area contributed by atoms with E-state index in [2.05, 4.69) is 9.88 Å². The Bertz CT molecular complexity index is 1210. The maximum Gasteiger partial charge on any atom is 0.260 e. The number of morpholine rings is 1.